The Morgan fingerprint density at radius 3 is 2.48 bits per heavy atom. The number of nitrogens with zero attached hydrogens (tertiary/aromatic N) is 2. The average Bonchev–Trinajstić information content (AvgIpc) is 3.65. The van der Waals surface area contributed by atoms with Crippen molar-refractivity contribution >= 4 is 23.3 Å². The number of anilines is 2. The molecule has 1 fully saturated rings. The van der Waals surface area contributed by atoms with E-state index in [0.717, 1.165) is 12.8 Å². The molecular formula is C24H20F2N2O5. The lowest BCUT2D eigenvalue weighted by Gasteiger charge is -2.27. The number of methoxy groups -OCH3 is 1. The van der Waals surface area contributed by atoms with Crippen LogP contribution in [0.5, 0.6) is 11.5 Å². The maximum Gasteiger partial charge on any atom is 0.387 e. The van der Waals surface area contributed by atoms with Gasteiger partial charge in [0.15, 0.2) is 0 Å². The molecule has 1 N–H and O–H groups in total. The number of amides is 1. The van der Waals surface area contributed by atoms with Crippen LogP contribution in [0.1, 0.15) is 45.0 Å². The number of carboxylic acids is 1. The highest BCUT2D eigenvalue weighted by molar-refractivity contribution is 6.12. The van der Waals surface area contributed by atoms with Crippen molar-refractivity contribution in [2.75, 3.05) is 12.0 Å². The minimum atomic E-state index is -3.02. The van der Waals surface area contributed by atoms with Gasteiger partial charge < -0.3 is 14.6 Å². The van der Waals surface area contributed by atoms with E-state index in [2.05, 4.69) is 4.98 Å². The van der Waals surface area contributed by atoms with E-state index >= 15 is 0 Å². The molecule has 0 radical (unpaired) electrons. The van der Waals surface area contributed by atoms with E-state index in [1.807, 2.05) is 0 Å². The van der Waals surface area contributed by atoms with Crippen LogP contribution in [-0.4, -0.2) is 35.7 Å². The van der Waals surface area contributed by atoms with E-state index in [0.29, 0.717) is 5.56 Å². The van der Waals surface area contributed by atoms with Crippen LogP contribution in [0.3, 0.4) is 0 Å². The first-order chi connectivity index (χ1) is 15.9. The number of aromatic nitrogens is 1. The molecule has 33 heavy (non-hydrogen) atoms. The summed E-state index contributed by atoms with van der Waals surface area (Å²) >= 11 is 0. The topological polar surface area (TPSA) is 89.0 Å². The Morgan fingerprint density at radius 2 is 1.88 bits per heavy atom. The summed E-state index contributed by atoms with van der Waals surface area (Å²) in [4.78, 5) is 30.4. The largest absolute Gasteiger partial charge is 0.494 e. The van der Waals surface area contributed by atoms with Crippen molar-refractivity contribution < 1.29 is 33.0 Å². The van der Waals surface area contributed by atoms with Gasteiger partial charge in [-0.05, 0) is 61.2 Å². The number of benzene rings is 2. The fourth-order valence-electron chi connectivity index (χ4n) is 3.68. The number of hydrogen-bond donors (Lipinski definition) is 1. The Labute approximate surface area is 188 Å². The molecule has 1 aliphatic carbocycles. The van der Waals surface area contributed by atoms with Crippen LogP contribution in [-0.2, 0) is 0 Å². The van der Waals surface area contributed by atoms with E-state index in [9.17, 15) is 23.5 Å². The molecule has 2 aromatic carbocycles. The van der Waals surface area contributed by atoms with Crippen LogP contribution in [0.4, 0.5) is 20.2 Å². The quantitative estimate of drug-likeness (QED) is 0.500. The summed E-state index contributed by atoms with van der Waals surface area (Å²) in [6, 6.07) is 11.9. The third-order valence-electron chi connectivity index (χ3n) is 5.24. The predicted octanol–water partition coefficient (Wildman–Crippen LogP) is 5.25. The highest BCUT2D eigenvalue weighted by Gasteiger charge is 2.35. The fraction of sp³-hybridized carbons (Fsp3) is 0.208. The van der Waals surface area contributed by atoms with Gasteiger partial charge in [-0.3, -0.25) is 14.7 Å². The second-order valence-corrected chi connectivity index (χ2v) is 7.42. The van der Waals surface area contributed by atoms with Crippen molar-refractivity contribution in [1.29, 1.82) is 0 Å². The van der Waals surface area contributed by atoms with Gasteiger partial charge >= 0.3 is 12.6 Å². The highest BCUT2D eigenvalue weighted by Crippen LogP contribution is 2.53. The number of pyridine rings is 1. The Bertz CT molecular complexity index is 1180. The second-order valence-electron chi connectivity index (χ2n) is 7.42. The van der Waals surface area contributed by atoms with E-state index in [1.54, 1.807) is 18.2 Å². The number of rotatable bonds is 8. The van der Waals surface area contributed by atoms with Gasteiger partial charge in [0.2, 0.25) is 0 Å². The summed E-state index contributed by atoms with van der Waals surface area (Å²) in [7, 11) is 1.39. The van der Waals surface area contributed by atoms with Gasteiger partial charge in [0.05, 0.1) is 29.6 Å². The van der Waals surface area contributed by atoms with Crippen LogP contribution < -0.4 is 14.4 Å². The standard InChI is InChI=1S/C24H20F2N2O5/c1-32-21-18(9-10-19(33-24(25)26)20(21)14-7-8-14)28(22(29)16-5-3-11-27-13-16)17-6-2-4-15(12-17)23(30)31/h2-6,9-14,24H,7-8H2,1H3,(H,30,31). The van der Waals surface area contributed by atoms with E-state index in [1.165, 1.54) is 54.7 Å². The number of aromatic carboxylic acids is 1. The van der Waals surface area contributed by atoms with Crippen molar-refractivity contribution in [3.05, 3.63) is 77.6 Å². The summed E-state index contributed by atoms with van der Waals surface area (Å²) < 4.78 is 36.4. The summed E-state index contributed by atoms with van der Waals surface area (Å²) in [5.74, 6) is -1.49. The predicted molar refractivity (Wildman–Crippen MR) is 116 cm³/mol. The summed E-state index contributed by atoms with van der Waals surface area (Å²) in [5, 5.41) is 9.44. The molecule has 170 valence electrons. The summed E-state index contributed by atoms with van der Waals surface area (Å²) in [5.41, 5.74) is 1.23. The number of hydrogen-bond acceptors (Lipinski definition) is 5. The van der Waals surface area contributed by atoms with Gasteiger partial charge in [-0.1, -0.05) is 6.07 Å². The first kappa shape index (κ1) is 22.2. The summed E-state index contributed by atoms with van der Waals surface area (Å²) in [6.45, 7) is -3.02. The van der Waals surface area contributed by atoms with Gasteiger partial charge in [-0.2, -0.15) is 8.78 Å². The maximum absolute atomic E-state index is 13.6. The molecule has 7 nitrogen and oxygen atoms in total. The third-order valence-corrected chi connectivity index (χ3v) is 5.24. The minimum absolute atomic E-state index is 0.0128. The van der Waals surface area contributed by atoms with Gasteiger partial charge in [-0.15, -0.1) is 0 Å². The maximum atomic E-state index is 13.6. The fourth-order valence-corrected chi connectivity index (χ4v) is 3.68. The molecular weight excluding hydrogens is 434 g/mol. The molecule has 0 unspecified atom stereocenters. The van der Waals surface area contributed by atoms with E-state index in [-0.39, 0.29) is 39.9 Å². The molecule has 1 aliphatic rings. The molecule has 0 atom stereocenters. The minimum Gasteiger partial charge on any atom is -0.494 e. The normalized spacial score (nSPS) is 13.0. The Kier molecular flexibility index (Phi) is 6.21. The smallest absolute Gasteiger partial charge is 0.387 e. The zero-order chi connectivity index (χ0) is 23.5. The monoisotopic (exact) mass is 454 g/mol. The molecule has 1 aromatic heterocycles. The lowest BCUT2D eigenvalue weighted by atomic mass is 10.0. The second kappa shape index (κ2) is 9.23. The van der Waals surface area contributed by atoms with Crippen molar-refractivity contribution in [2.45, 2.75) is 25.4 Å². The van der Waals surface area contributed by atoms with Crippen LogP contribution >= 0.6 is 0 Å². The molecule has 0 spiro atoms. The molecule has 1 amide bonds. The zero-order valence-corrected chi connectivity index (χ0v) is 17.6. The number of carbonyl (C=O) groups is 2. The first-order valence-electron chi connectivity index (χ1n) is 10.1. The number of carbonyl (C=O) groups excluding carboxylic acids is 1. The van der Waals surface area contributed by atoms with Crippen LogP contribution in [0.2, 0.25) is 0 Å². The number of carboxylic acid groups (broad SMARTS) is 1. The van der Waals surface area contributed by atoms with Gasteiger partial charge in [-0.25, -0.2) is 4.79 Å². The molecule has 4 rings (SSSR count). The molecule has 3 aromatic rings. The molecule has 0 aliphatic heterocycles. The van der Waals surface area contributed by atoms with Crippen molar-refractivity contribution in [3.63, 3.8) is 0 Å². The highest BCUT2D eigenvalue weighted by atomic mass is 19.3. The van der Waals surface area contributed by atoms with Gasteiger partial charge in [0.25, 0.3) is 5.91 Å². The SMILES string of the molecule is COc1c(N(C(=O)c2cccnc2)c2cccc(C(=O)O)c2)ccc(OC(F)F)c1C1CC1. The average molecular weight is 454 g/mol. The number of ether oxygens (including phenoxy) is 2. The van der Waals surface area contributed by atoms with E-state index in [4.69, 9.17) is 9.47 Å². The lowest BCUT2D eigenvalue weighted by molar-refractivity contribution is -0.0505. The van der Waals surface area contributed by atoms with Gasteiger partial charge in [0, 0.05) is 18.0 Å². The molecule has 1 heterocycles. The van der Waals surface area contributed by atoms with Gasteiger partial charge in [0.1, 0.15) is 11.5 Å². The summed E-state index contributed by atoms with van der Waals surface area (Å²) in [6.07, 6.45) is 4.45. The van der Waals surface area contributed by atoms with Crippen LogP contribution in [0.15, 0.2) is 60.9 Å². The lowest BCUT2D eigenvalue weighted by Crippen LogP contribution is -2.27. The zero-order valence-electron chi connectivity index (χ0n) is 17.6. The number of halogens is 2. The molecule has 9 heteroatoms. The van der Waals surface area contributed by atoms with Crippen LogP contribution in [0.25, 0.3) is 0 Å². The van der Waals surface area contributed by atoms with Crippen molar-refractivity contribution in [3.8, 4) is 11.5 Å². The number of alkyl halides is 2. The first-order valence-corrected chi connectivity index (χ1v) is 10.1. The molecule has 0 saturated heterocycles. The molecule has 1 saturated carbocycles. The van der Waals surface area contributed by atoms with Crippen LogP contribution in [0, 0.1) is 0 Å². The van der Waals surface area contributed by atoms with E-state index < -0.39 is 18.5 Å². The van der Waals surface area contributed by atoms with Crippen molar-refractivity contribution in [1.82, 2.24) is 4.98 Å². The Balaban J connectivity index is 1.92. The molecule has 0 bridgehead atoms. The van der Waals surface area contributed by atoms with Crippen molar-refractivity contribution in [2.24, 2.45) is 0 Å². The third kappa shape index (κ3) is 4.62. The Morgan fingerprint density at radius 1 is 1.12 bits per heavy atom. The Hall–Kier alpha value is -4.01.